The van der Waals surface area contributed by atoms with Gasteiger partial charge in [-0.05, 0) is 85.8 Å². The molecule has 2 atom stereocenters. The third-order valence-corrected chi connectivity index (χ3v) is 7.16. The number of aliphatic hydroxyl groups excluding tert-OH is 1. The molecule has 0 bridgehead atoms. The molecule has 1 aromatic heterocycles. The molecule has 0 spiro atoms. The fraction of sp³-hybridized carbons (Fsp3) is 0.379. The number of para-hydroxylation sites is 1. The Balaban J connectivity index is 1.91. The monoisotopic (exact) mass is 491 g/mol. The number of hydrogen-bond acceptors (Lipinski definition) is 4. The molecule has 1 N–H and O–H groups in total. The number of ether oxygens (including phenoxy) is 1. The molecule has 5 nitrogen and oxygen atoms in total. The van der Waals surface area contributed by atoms with Crippen LogP contribution in [0, 0.1) is 20.8 Å². The van der Waals surface area contributed by atoms with Gasteiger partial charge in [0.15, 0.2) is 0 Å². The minimum absolute atomic E-state index is 0.566. The Morgan fingerprint density at radius 1 is 0.971 bits per heavy atom. The molecule has 0 aliphatic rings. The third kappa shape index (κ3) is 5.21. The van der Waals surface area contributed by atoms with Gasteiger partial charge in [-0.25, -0.2) is 0 Å². The van der Waals surface area contributed by atoms with Crippen molar-refractivity contribution in [3.8, 4) is 5.75 Å². The summed E-state index contributed by atoms with van der Waals surface area (Å²) in [5.41, 5.74) is 4.60. The predicted octanol–water partition coefficient (Wildman–Crippen LogP) is 7.45. The Morgan fingerprint density at radius 3 is 2.34 bits per heavy atom. The summed E-state index contributed by atoms with van der Waals surface area (Å²) in [6.07, 6.45) is 3.71. The van der Waals surface area contributed by atoms with E-state index in [1.54, 1.807) is 16.8 Å². The predicted molar refractivity (Wildman–Crippen MR) is 142 cm³/mol. The SMILES string of the molecule is CCCCCCC(Oc1cc(C)c(C)c(C)c1)(C(O)c1ccc(Cl)cc1)n1nnc2ccccc21. The number of aryl methyl sites for hydroxylation is 2. The zero-order valence-electron chi connectivity index (χ0n) is 21.0. The summed E-state index contributed by atoms with van der Waals surface area (Å²) >= 11 is 6.17. The Kier molecular flexibility index (Phi) is 7.78. The molecule has 2 unspecified atom stereocenters. The van der Waals surface area contributed by atoms with E-state index >= 15 is 0 Å². The van der Waals surface area contributed by atoms with Crippen molar-refractivity contribution in [3.63, 3.8) is 0 Å². The number of aliphatic hydroxyl groups is 1. The third-order valence-electron chi connectivity index (χ3n) is 6.91. The van der Waals surface area contributed by atoms with Crippen molar-refractivity contribution in [2.45, 2.75) is 71.6 Å². The molecule has 0 saturated carbocycles. The van der Waals surface area contributed by atoms with E-state index in [-0.39, 0.29) is 0 Å². The summed E-state index contributed by atoms with van der Waals surface area (Å²) in [6.45, 7) is 8.46. The average molecular weight is 492 g/mol. The quantitative estimate of drug-likeness (QED) is 0.234. The lowest BCUT2D eigenvalue weighted by molar-refractivity contribution is -0.129. The highest BCUT2D eigenvalue weighted by Gasteiger charge is 2.45. The van der Waals surface area contributed by atoms with Gasteiger partial charge in [0.25, 0.3) is 0 Å². The van der Waals surface area contributed by atoms with Gasteiger partial charge in [-0.1, -0.05) is 67.3 Å². The second kappa shape index (κ2) is 10.8. The summed E-state index contributed by atoms with van der Waals surface area (Å²) < 4.78 is 8.65. The fourth-order valence-electron chi connectivity index (χ4n) is 4.63. The van der Waals surface area contributed by atoms with Crippen molar-refractivity contribution < 1.29 is 9.84 Å². The molecule has 184 valence electrons. The summed E-state index contributed by atoms with van der Waals surface area (Å²) in [5, 5.41) is 21.6. The maximum Gasteiger partial charge on any atom is 0.233 e. The van der Waals surface area contributed by atoms with E-state index in [9.17, 15) is 5.11 Å². The van der Waals surface area contributed by atoms with Crippen molar-refractivity contribution in [2.24, 2.45) is 0 Å². The van der Waals surface area contributed by atoms with Crippen molar-refractivity contribution >= 4 is 22.6 Å². The Morgan fingerprint density at radius 2 is 1.66 bits per heavy atom. The lowest BCUT2D eigenvalue weighted by Gasteiger charge is -2.39. The lowest BCUT2D eigenvalue weighted by atomic mass is 9.92. The molecule has 4 rings (SSSR count). The first-order chi connectivity index (χ1) is 16.9. The number of rotatable bonds is 10. The second-order valence-corrected chi connectivity index (χ2v) is 9.82. The first-order valence-electron chi connectivity index (χ1n) is 12.4. The zero-order valence-corrected chi connectivity index (χ0v) is 21.7. The van der Waals surface area contributed by atoms with E-state index in [1.165, 1.54) is 5.56 Å². The molecule has 0 aliphatic carbocycles. The number of aromatic nitrogens is 3. The van der Waals surface area contributed by atoms with Crippen LogP contribution in [0.25, 0.3) is 11.0 Å². The van der Waals surface area contributed by atoms with Gasteiger partial charge in [0, 0.05) is 11.4 Å². The number of halogens is 1. The molecule has 0 amide bonds. The molecule has 0 aliphatic heterocycles. The molecule has 35 heavy (non-hydrogen) atoms. The molecule has 1 heterocycles. The van der Waals surface area contributed by atoms with E-state index in [4.69, 9.17) is 16.3 Å². The first-order valence-corrected chi connectivity index (χ1v) is 12.7. The van der Waals surface area contributed by atoms with Gasteiger partial charge in [-0.2, -0.15) is 4.68 Å². The summed E-state index contributed by atoms with van der Waals surface area (Å²) in [6, 6.07) is 19.2. The van der Waals surface area contributed by atoms with Gasteiger partial charge in [0.2, 0.25) is 5.72 Å². The number of unbranched alkanes of at least 4 members (excludes halogenated alkanes) is 3. The van der Waals surface area contributed by atoms with Crippen LogP contribution in [0.3, 0.4) is 0 Å². The topological polar surface area (TPSA) is 60.2 Å². The molecular formula is C29H34ClN3O2. The van der Waals surface area contributed by atoms with Crippen LogP contribution in [0.2, 0.25) is 5.02 Å². The van der Waals surface area contributed by atoms with Crippen LogP contribution in [0.1, 0.15) is 67.4 Å². The normalized spacial score (nSPS) is 14.1. The van der Waals surface area contributed by atoms with Gasteiger partial charge >= 0.3 is 0 Å². The average Bonchev–Trinajstić information content (AvgIpc) is 3.29. The molecule has 0 fully saturated rings. The Hall–Kier alpha value is -2.89. The van der Waals surface area contributed by atoms with Crippen molar-refractivity contribution in [1.29, 1.82) is 0 Å². The van der Waals surface area contributed by atoms with Gasteiger partial charge in [-0.3, -0.25) is 0 Å². The summed E-state index contributed by atoms with van der Waals surface area (Å²) in [7, 11) is 0. The number of hydrogen-bond donors (Lipinski definition) is 1. The minimum atomic E-state index is -1.20. The van der Waals surface area contributed by atoms with E-state index in [2.05, 4.69) is 38.0 Å². The van der Waals surface area contributed by atoms with Gasteiger partial charge in [0.1, 0.15) is 17.4 Å². The fourth-order valence-corrected chi connectivity index (χ4v) is 4.75. The minimum Gasteiger partial charge on any atom is -0.463 e. The van der Waals surface area contributed by atoms with Crippen molar-refractivity contribution in [3.05, 3.63) is 87.9 Å². The lowest BCUT2D eigenvalue weighted by Crippen LogP contribution is -2.46. The number of nitrogens with zero attached hydrogens (tertiary/aromatic N) is 3. The highest BCUT2D eigenvalue weighted by atomic mass is 35.5. The van der Waals surface area contributed by atoms with Crippen molar-refractivity contribution in [2.75, 3.05) is 0 Å². The Labute approximate surface area is 212 Å². The Bertz CT molecular complexity index is 1260. The first kappa shape index (κ1) is 25.2. The van der Waals surface area contributed by atoms with Crippen LogP contribution in [0.5, 0.6) is 5.75 Å². The smallest absolute Gasteiger partial charge is 0.233 e. The summed E-state index contributed by atoms with van der Waals surface area (Å²) in [5.74, 6) is 0.702. The van der Waals surface area contributed by atoms with Crippen LogP contribution >= 0.6 is 11.6 Å². The zero-order chi connectivity index (χ0) is 25.0. The molecule has 4 aromatic rings. The van der Waals surface area contributed by atoms with Crippen LogP contribution in [0.15, 0.2) is 60.7 Å². The molecule has 3 aromatic carbocycles. The van der Waals surface area contributed by atoms with E-state index < -0.39 is 11.8 Å². The van der Waals surface area contributed by atoms with Crippen LogP contribution < -0.4 is 4.74 Å². The van der Waals surface area contributed by atoms with Crippen molar-refractivity contribution in [1.82, 2.24) is 15.0 Å². The highest BCUT2D eigenvalue weighted by molar-refractivity contribution is 6.30. The standard InChI is InChI=1S/C29H34ClN3O2/c1-5-6-7-10-17-29(28(34)23-13-15-24(30)16-14-23,33-27-12-9-8-11-26(27)31-32-33)35-25-18-20(2)22(4)21(3)19-25/h8-9,11-16,18-19,28,34H,5-7,10,17H2,1-4H3. The number of benzene rings is 3. The van der Waals surface area contributed by atoms with Gasteiger partial charge < -0.3 is 9.84 Å². The number of fused-ring (bicyclic) bond motifs is 1. The maximum absolute atomic E-state index is 12.0. The van der Waals surface area contributed by atoms with E-state index in [0.717, 1.165) is 47.8 Å². The van der Waals surface area contributed by atoms with Crippen LogP contribution in [-0.4, -0.2) is 20.1 Å². The van der Waals surface area contributed by atoms with Gasteiger partial charge in [-0.15, -0.1) is 5.10 Å². The van der Waals surface area contributed by atoms with E-state index in [0.29, 0.717) is 22.8 Å². The molecule has 6 heteroatoms. The molecule has 0 radical (unpaired) electrons. The highest BCUT2D eigenvalue weighted by Crippen LogP contribution is 2.41. The summed E-state index contributed by atoms with van der Waals surface area (Å²) in [4.78, 5) is 0. The second-order valence-electron chi connectivity index (χ2n) is 9.38. The van der Waals surface area contributed by atoms with Crippen LogP contribution in [-0.2, 0) is 5.72 Å². The molecule has 0 saturated heterocycles. The van der Waals surface area contributed by atoms with Gasteiger partial charge in [0.05, 0.1) is 5.52 Å². The maximum atomic E-state index is 12.0. The van der Waals surface area contributed by atoms with E-state index in [1.807, 2.05) is 48.5 Å². The largest absolute Gasteiger partial charge is 0.463 e. The van der Waals surface area contributed by atoms with Crippen LogP contribution in [0.4, 0.5) is 0 Å². The molecular weight excluding hydrogens is 458 g/mol.